The van der Waals surface area contributed by atoms with Crippen molar-refractivity contribution in [3.8, 4) is 0 Å². The highest BCUT2D eigenvalue weighted by Gasteiger charge is 2.44. The summed E-state index contributed by atoms with van der Waals surface area (Å²) < 4.78 is 37.9. The van der Waals surface area contributed by atoms with Gasteiger partial charge in [-0.15, -0.1) is 0 Å². The van der Waals surface area contributed by atoms with Crippen molar-refractivity contribution in [2.45, 2.75) is 82.4 Å². The predicted molar refractivity (Wildman–Crippen MR) is 162 cm³/mol. The third kappa shape index (κ3) is 6.03. The smallest absolute Gasteiger partial charge is 0.233 e. The molecule has 9 heteroatoms. The van der Waals surface area contributed by atoms with E-state index in [1.54, 1.807) is 6.07 Å². The molecule has 0 saturated carbocycles. The number of hydrogen-bond donors (Lipinski definition) is 2. The molecule has 0 fully saturated rings. The third-order valence-corrected chi connectivity index (χ3v) is 9.18. The second kappa shape index (κ2) is 11.9. The molecule has 41 heavy (non-hydrogen) atoms. The zero-order chi connectivity index (χ0) is 30.0. The van der Waals surface area contributed by atoms with Crippen LogP contribution < -0.4 is 16.2 Å². The van der Waals surface area contributed by atoms with E-state index < -0.39 is 15.5 Å². The first kappa shape index (κ1) is 30.7. The number of nitrogens with zero attached hydrogens (tertiary/aromatic N) is 2. The molecular weight excluding hydrogens is 536 g/mol. The predicted octanol–water partition coefficient (Wildman–Crippen LogP) is 5.17. The molecule has 2 aromatic carbocycles. The summed E-state index contributed by atoms with van der Waals surface area (Å²) in [5.74, 6) is 5.02. The number of hydrogen-bond acceptors (Lipinski definition) is 6. The highest BCUT2D eigenvalue weighted by atomic mass is 32.2. The first-order chi connectivity index (χ1) is 19.3. The van der Waals surface area contributed by atoms with E-state index in [2.05, 4.69) is 92.0 Å². The van der Waals surface area contributed by atoms with E-state index in [9.17, 15) is 17.8 Å². The third-order valence-electron chi connectivity index (χ3n) is 8.35. The van der Waals surface area contributed by atoms with E-state index in [0.717, 1.165) is 49.2 Å². The maximum Gasteiger partial charge on any atom is 0.233 e. The van der Waals surface area contributed by atoms with Crippen molar-refractivity contribution in [3.63, 3.8) is 0 Å². The van der Waals surface area contributed by atoms with Gasteiger partial charge in [-0.1, -0.05) is 51.5 Å². The molecule has 220 valence electrons. The number of benzene rings is 2. The van der Waals surface area contributed by atoms with Crippen molar-refractivity contribution in [1.82, 2.24) is 5.43 Å². The summed E-state index contributed by atoms with van der Waals surface area (Å²) >= 11 is 0. The van der Waals surface area contributed by atoms with Crippen LogP contribution in [-0.2, 0) is 25.7 Å². The zero-order valence-corrected chi connectivity index (χ0v) is 25.6. The van der Waals surface area contributed by atoms with Crippen molar-refractivity contribution in [3.05, 3.63) is 77.5 Å². The van der Waals surface area contributed by atoms with Gasteiger partial charge in [-0.2, -0.15) is 4.58 Å². The van der Waals surface area contributed by atoms with Gasteiger partial charge >= 0.3 is 0 Å². The summed E-state index contributed by atoms with van der Waals surface area (Å²) in [6, 6.07) is 13.2. The van der Waals surface area contributed by atoms with Crippen LogP contribution >= 0.6 is 0 Å². The van der Waals surface area contributed by atoms with Crippen LogP contribution in [0.1, 0.15) is 77.8 Å². The second-order valence-corrected chi connectivity index (χ2v) is 13.3. The number of carbonyl (C=O) groups is 1. The standard InChI is InChI=1S/C32H42N4O4S/c1-6-20-35-26-14-10-9-13-24(26)31(2,3)28(35)15-12-16-29-32(4,5)25-22-23(41(38,39)40)18-19-27(25)36(29)21-11-7-8-17-30(37)34-33/h9-10,12-16,18-19,22H,6-8,11,17,20-21,33H2,1-5H3,(H-,34,37,38,39,40). The number of allylic oxidation sites excluding steroid dienone is 4. The van der Waals surface area contributed by atoms with Gasteiger partial charge in [-0.05, 0) is 56.5 Å². The lowest BCUT2D eigenvalue weighted by molar-refractivity contribution is -0.437. The molecule has 2 aliphatic heterocycles. The molecule has 3 N–H and O–H groups in total. The van der Waals surface area contributed by atoms with E-state index in [0.29, 0.717) is 13.0 Å². The molecule has 2 heterocycles. The van der Waals surface area contributed by atoms with Crippen molar-refractivity contribution in [2.75, 3.05) is 18.0 Å². The maximum absolute atomic E-state index is 11.8. The quantitative estimate of drug-likeness (QED) is 0.0949. The van der Waals surface area contributed by atoms with Crippen molar-refractivity contribution in [2.24, 2.45) is 5.84 Å². The van der Waals surface area contributed by atoms with Gasteiger partial charge in [-0.25, -0.2) is 14.3 Å². The summed E-state index contributed by atoms with van der Waals surface area (Å²) in [6.07, 6.45) is 10.2. The van der Waals surface area contributed by atoms with E-state index in [-0.39, 0.29) is 16.2 Å². The molecule has 0 spiro atoms. The van der Waals surface area contributed by atoms with Crippen LogP contribution in [0.15, 0.2) is 71.3 Å². The van der Waals surface area contributed by atoms with Gasteiger partial charge < -0.3 is 9.45 Å². The first-order valence-electron chi connectivity index (χ1n) is 14.3. The molecule has 0 aliphatic carbocycles. The number of nitrogens with one attached hydrogen (secondary N) is 1. The summed E-state index contributed by atoms with van der Waals surface area (Å²) in [5, 5.41) is 0. The van der Waals surface area contributed by atoms with Crippen LogP contribution in [0.25, 0.3) is 0 Å². The molecule has 0 aromatic heterocycles. The number of amides is 1. The van der Waals surface area contributed by atoms with Gasteiger partial charge in [0.15, 0.2) is 5.71 Å². The average molecular weight is 579 g/mol. The normalized spacial score (nSPS) is 18.3. The Hall–Kier alpha value is -3.27. The highest BCUT2D eigenvalue weighted by molar-refractivity contribution is 7.85. The molecule has 8 nitrogen and oxygen atoms in total. The van der Waals surface area contributed by atoms with Crippen molar-refractivity contribution >= 4 is 33.1 Å². The number of anilines is 1. The Balaban J connectivity index is 1.70. The number of para-hydroxylation sites is 1. The van der Waals surface area contributed by atoms with Crippen LogP contribution in [0.5, 0.6) is 0 Å². The molecule has 2 aromatic rings. The maximum atomic E-state index is 11.8. The number of unbranched alkanes of at least 4 members (excludes halogenated alkanes) is 2. The molecule has 4 rings (SSSR count). The molecule has 0 atom stereocenters. The fourth-order valence-corrected chi connectivity index (χ4v) is 6.69. The monoisotopic (exact) mass is 578 g/mol. The van der Waals surface area contributed by atoms with E-state index in [4.69, 9.17) is 5.84 Å². The Bertz CT molecular complexity index is 1520. The zero-order valence-electron chi connectivity index (χ0n) is 24.7. The van der Waals surface area contributed by atoms with Crippen molar-refractivity contribution in [1.29, 1.82) is 0 Å². The number of rotatable bonds is 11. The lowest BCUT2D eigenvalue weighted by Gasteiger charge is -2.27. The minimum atomic E-state index is -4.58. The molecular formula is C32H42N4O4S. The number of hydrazine groups is 1. The number of nitrogens with two attached hydrogens (primary N) is 1. The van der Waals surface area contributed by atoms with Gasteiger partial charge in [0, 0.05) is 53.9 Å². The molecule has 1 amide bonds. The lowest BCUT2D eigenvalue weighted by atomic mass is 9.81. The van der Waals surface area contributed by atoms with Gasteiger partial charge in [0.2, 0.25) is 11.6 Å². The molecule has 0 saturated heterocycles. The van der Waals surface area contributed by atoms with E-state index in [1.165, 1.54) is 29.1 Å². The number of carbonyl (C=O) groups excluding carboxylic acids is 1. The van der Waals surface area contributed by atoms with Crippen LogP contribution in [0.4, 0.5) is 11.4 Å². The Morgan fingerprint density at radius 3 is 2.46 bits per heavy atom. The average Bonchev–Trinajstić information content (AvgIpc) is 3.27. The minimum Gasteiger partial charge on any atom is -0.744 e. The van der Waals surface area contributed by atoms with Gasteiger partial charge in [0.1, 0.15) is 16.7 Å². The molecule has 0 unspecified atom stereocenters. The van der Waals surface area contributed by atoms with Crippen LogP contribution in [0.2, 0.25) is 0 Å². The fourth-order valence-electron chi connectivity index (χ4n) is 6.19. The molecule has 2 aliphatic rings. The fraction of sp³-hybridized carbons (Fsp3) is 0.438. The van der Waals surface area contributed by atoms with Gasteiger partial charge in [0.05, 0.1) is 10.3 Å². The second-order valence-electron chi connectivity index (χ2n) is 11.9. The number of fused-ring (bicyclic) bond motifs is 2. The Morgan fingerprint density at radius 2 is 1.78 bits per heavy atom. The first-order valence-corrected chi connectivity index (χ1v) is 15.8. The summed E-state index contributed by atoms with van der Waals surface area (Å²) in [5.41, 5.74) is 8.02. The SMILES string of the molecule is CCC[N+]1=C(/C=C/C=C2/N(CCCCCC(=O)NN)c3ccc(S(=O)(=O)[O-])cc3C2(C)C)C(C)(C)c2ccccc21. The van der Waals surface area contributed by atoms with Crippen LogP contribution in [0.3, 0.4) is 0 Å². The Kier molecular flexibility index (Phi) is 8.92. The topological polar surface area (TPSA) is 119 Å². The van der Waals surface area contributed by atoms with Crippen molar-refractivity contribution < 1.29 is 22.3 Å². The van der Waals surface area contributed by atoms with Crippen LogP contribution in [0, 0.1) is 0 Å². The van der Waals surface area contributed by atoms with Gasteiger partial charge in [-0.3, -0.25) is 10.2 Å². The Morgan fingerprint density at radius 1 is 1.05 bits per heavy atom. The van der Waals surface area contributed by atoms with E-state index >= 15 is 0 Å². The summed E-state index contributed by atoms with van der Waals surface area (Å²) in [6.45, 7) is 12.4. The highest BCUT2D eigenvalue weighted by Crippen LogP contribution is 2.48. The Labute approximate surface area is 244 Å². The summed E-state index contributed by atoms with van der Waals surface area (Å²) in [7, 11) is -4.58. The van der Waals surface area contributed by atoms with Gasteiger partial charge in [0.25, 0.3) is 0 Å². The lowest BCUT2D eigenvalue weighted by Crippen LogP contribution is -2.29. The minimum absolute atomic E-state index is 0.151. The summed E-state index contributed by atoms with van der Waals surface area (Å²) in [4.78, 5) is 13.5. The van der Waals surface area contributed by atoms with Crippen LogP contribution in [-0.4, -0.2) is 42.3 Å². The van der Waals surface area contributed by atoms with E-state index in [1.807, 2.05) is 0 Å². The molecule has 0 bridgehead atoms. The largest absolute Gasteiger partial charge is 0.744 e. The molecule has 0 radical (unpaired) electrons.